The van der Waals surface area contributed by atoms with Crippen LogP contribution in [0.2, 0.25) is 0 Å². The number of piperidine rings is 1. The summed E-state index contributed by atoms with van der Waals surface area (Å²) in [6, 6.07) is 15.7. The average Bonchev–Trinajstić information content (AvgIpc) is 3.20. The molecule has 0 bridgehead atoms. The largest absolute Gasteiger partial charge is 0.349 e. The summed E-state index contributed by atoms with van der Waals surface area (Å²) in [7, 11) is -3.62. The van der Waals surface area contributed by atoms with Crippen molar-refractivity contribution in [2.45, 2.75) is 24.3 Å². The van der Waals surface area contributed by atoms with E-state index in [-0.39, 0.29) is 16.7 Å². The fraction of sp³-hybridized carbons (Fsp3) is 0.286. The third-order valence-corrected chi connectivity index (χ3v) is 8.15. The number of benzene rings is 2. The maximum absolute atomic E-state index is 12.8. The molecule has 154 valence electrons. The van der Waals surface area contributed by atoms with Crippen LogP contribution < -0.4 is 5.32 Å². The molecule has 1 aliphatic heterocycles. The average molecular weight is 441 g/mol. The Bertz CT molecular complexity index is 1170. The lowest BCUT2D eigenvalue weighted by Crippen LogP contribution is -2.42. The van der Waals surface area contributed by atoms with Crippen LogP contribution in [0.25, 0.3) is 10.2 Å². The van der Waals surface area contributed by atoms with E-state index >= 15 is 0 Å². The smallest absolute Gasteiger partial charge is 0.243 e. The molecule has 0 unspecified atom stereocenters. The molecule has 9 heteroatoms. The Morgan fingerprint density at radius 3 is 2.53 bits per heavy atom. The van der Waals surface area contributed by atoms with E-state index in [1.807, 2.05) is 30.3 Å². The first kappa shape index (κ1) is 20.5. The topological polar surface area (TPSA) is 103 Å². The number of hydrogen-bond acceptors (Lipinski definition) is 6. The van der Waals surface area contributed by atoms with E-state index in [0.717, 1.165) is 15.2 Å². The van der Waals surface area contributed by atoms with E-state index in [9.17, 15) is 13.2 Å². The van der Waals surface area contributed by atoms with Gasteiger partial charge in [0.2, 0.25) is 15.9 Å². The zero-order valence-electron chi connectivity index (χ0n) is 16.1. The fourth-order valence-corrected chi connectivity index (χ4v) is 5.89. The number of hydrogen-bond donors (Lipinski definition) is 1. The third-order valence-electron chi connectivity index (χ3n) is 5.20. The van der Waals surface area contributed by atoms with Crippen LogP contribution in [0.15, 0.2) is 53.4 Å². The highest BCUT2D eigenvalue weighted by Crippen LogP contribution is 2.25. The van der Waals surface area contributed by atoms with Crippen LogP contribution in [0.3, 0.4) is 0 Å². The molecule has 1 N–H and O–H groups in total. The summed E-state index contributed by atoms with van der Waals surface area (Å²) in [4.78, 5) is 17.2. The van der Waals surface area contributed by atoms with E-state index in [0.29, 0.717) is 38.0 Å². The van der Waals surface area contributed by atoms with E-state index in [1.165, 1.54) is 28.6 Å². The van der Waals surface area contributed by atoms with E-state index in [4.69, 9.17) is 5.26 Å². The maximum Gasteiger partial charge on any atom is 0.243 e. The Balaban J connectivity index is 1.33. The van der Waals surface area contributed by atoms with Gasteiger partial charge in [-0.15, -0.1) is 11.3 Å². The number of nitrogens with one attached hydrogen (secondary N) is 1. The van der Waals surface area contributed by atoms with Crippen molar-refractivity contribution in [2.24, 2.45) is 5.92 Å². The second-order valence-corrected chi connectivity index (χ2v) is 10.2. The Morgan fingerprint density at radius 2 is 1.87 bits per heavy atom. The van der Waals surface area contributed by atoms with Crippen LogP contribution in [0.1, 0.15) is 23.4 Å². The molecule has 0 saturated carbocycles. The van der Waals surface area contributed by atoms with Crippen LogP contribution >= 0.6 is 11.3 Å². The van der Waals surface area contributed by atoms with Gasteiger partial charge in [0.05, 0.1) is 33.3 Å². The maximum atomic E-state index is 12.8. The number of nitriles is 1. The lowest BCUT2D eigenvalue weighted by Gasteiger charge is -2.30. The van der Waals surface area contributed by atoms with Gasteiger partial charge in [-0.2, -0.15) is 9.57 Å². The first-order valence-corrected chi connectivity index (χ1v) is 11.9. The molecule has 1 fully saturated rings. The first-order valence-electron chi connectivity index (χ1n) is 9.60. The van der Waals surface area contributed by atoms with Gasteiger partial charge in [-0.3, -0.25) is 4.79 Å². The van der Waals surface area contributed by atoms with Gasteiger partial charge in [0.15, 0.2) is 0 Å². The van der Waals surface area contributed by atoms with Crippen LogP contribution in [0.4, 0.5) is 0 Å². The molecule has 2 heterocycles. The van der Waals surface area contributed by atoms with Crippen molar-refractivity contribution in [3.05, 3.63) is 59.1 Å². The highest BCUT2D eigenvalue weighted by atomic mass is 32.2. The number of thiazole rings is 1. The first-order chi connectivity index (χ1) is 14.5. The summed E-state index contributed by atoms with van der Waals surface area (Å²) in [6.45, 7) is 0.963. The summed E-state index contributed by atoms with van der Waals surface area (Å²) in [6.07, 6.45) is 0.947. The molecular weight excluding hydrogens is 420 g/mol. The van der Waals surface area contributed by atoms with Crippen molar-refractivity contribution in [1.29, 1.82) is 5.26 Å². The molecule has 0 atom stereocenters. The molecule has 2 aromatic carbocycles. The molecule has 3 aromatic rings. The highest BCUT2D eigenvalue weighted by Gasteiger charge is 2.32. The predicted octanol–water partition coefficient (Wildman–Crippen LogP) is 2.89. The van der Waals surface area contributed by atoms with Crippen molar-refractivity contribution >= 4 is 37.5 Å². The normalized spacial score (nSPS) is 15.7. The van der Waals surface area contributed by atoms with Crippen LogP contribution in [0, 0.1) is 17.2 Å². The fourth-order valence-electron chi connectivity index (χ4n) is 3.51. The second-order valence-electron chi connectivity index (χ2n) is 7.11. The van der Waals surface area contributed by atoms with Crippen LogP contribution in [0.5, 0.6) is 0 Å². The monoisotopic (exact) mass is 440 g/mol. The zero-order chi connectivity index (χ0) is 21.1. The van der Waals surface area contributed by atoms with Crippen molar-refractivity contribution in [3.8, 4) is 6.07 Å². The standard InChI is InChI=1S/C21H20N4O3S2/c22-13-15-5-7-17(8-6-15)30(27,28)25-11-9-16(10-12-25)21(26)23-14-20-24-18-3-1-2-4-19(18)29-20/h1-8,16H,9-12,14H2,(H,23,26). The number of sulfonamides is 1. The lowest BCUT2D eigenvalue weighted by atomic mass is 9.97. The molecule has 1 saturated heterocycles. The van der Waals surface area contributed by atoms with Crippen molar-refractivity contribution < 1.29 is 13.2 Å². The minimum Gasteiger partial charge on any atom is -0.349 e. The van der Waals surface area contributed by atoms with Gasteiger partial charge in [0.25, 0.3) is 0 Å². The molecule has 0 spiro atoms. The lowest BCUT2D eigenvalue weighted by molar-refractivity contribution is -0.126. The van der Waals surface area contributed by atoms with Crippen molar-refractivity contribution in [3.63, 3.8) is 0 Å². The molecule has 1 aromatic heterocycles. The molecule has 0 aliphatic carbocycles. The number of nitrogens with zero attached hydrogens (tertiary/aromatic N) is 3. The Kier molecular flexibility index (Phi) is 5.81. The number of carbonyl (C=O) groups is 1. The predicted molar refractivity (Wildman–Crippen MR) is 114 cm³/mol. The highest BCUT2D eigenvalue weighted by molar-refractivity contribution is 7.89. The third kappa shape index (κ3) is 4.21. The molecule has 0 radical (unpaired) electrons. The van der Waals surface area contributed by atoms with Gasteiger partial charge >= 0.3 is 0 Å². The van der Waals surface area contributed by atoms with E-state index in [1.54, 1.807) is 11.3 Å². The molecule has 1 aliphatic rings. The number of carbonyl (C=O) groups excluding carboxylic acids is 1. The van der Waals surface area contributed by atoms with Gasteiger partial charge in [0.1, 0.15) is 5.01 Å². The summed E-state index contributed by atoms with van der Waals surface area (Å²) >= 11 is 1.56. The minimum absolute atomic E-state index is 0.0651. The number of aromatic nitrogens is 1. The molecular formula is C21H20N4O3S2. The van der Waals surface area contributed by atoms with Crippen LogP contribution in [-0.4, -0.2) is 36.7 Å². The molecule has 7 nitrogen and oxygen atoms in total. The SMILES string of the molecule is N#Cc1ccc(S(=O)(=O)N2CCC(C(=O)NCc3nc4ccccc4s3)CC2)cc1. The number of amides is 1. The van der Waals surface area contributed by atoms with E-state index in [2.05, 4.69) is 10.3 Å². The molecule has 1 amide bonds. The van der Waals surface area contributed by atoms with Gasteiger partial charge in [-0.25, -0.2) is 13.4 Å². The molecule has 4 rings (SSSR count). The second kappa shape index (κ2) is 8.52. The van der Waals surface area contributed by atoms with Gasteiger partial charge < -0.3 is 5.32 Å². The van der Waals surface area contributed by atoms with Gasteiger partial charge in [-0.1, -0.05) is 12.1 Å². The Hall–Kier alpha value is -2.80. The summed E-state index contributed by atoms with van der Waals surface area (Å²) in [5.41, 5.74) is 1.34. The summed E-state index contributed by atoms with van der Waals surface area (Å²) in [5.74, 6) is -0.281. The van der Waals surface area contributed by atoms with Crippen molar-refractivity contribution in [2.75, 3.05) is 13.1 Å². The zero-order valence-corrected chi connectivity index (χ0v) is 17.7. The number of para-hydroxylation sites is 1. The number of fused-ring (bicyclic) bond motifs is 1. The Morgan fingerprint density at radius 1 is 1.17 bits per heavy atom. The van der Waals surface area contributed by atoms with Crippen LogP contribution in [-0.2, 0) is 21.4 Å². The van der Waals surface area contributed by atoms with Gasteiger partial charge in [0, 0.05) is 19.0 Å². The number of rotatable bonds is 5. The summed E-state index contributed by atoms with van der Waals surface area (Å²) in [5, 5.41) is 12.7. The molecule has 30 heavy (non-hydrogen) atoms. The minimum atomic E-state index is -3.62. The quantitative estimate of drug-likeness (QED) is 0.657. The van der Waals surface area contributed by atoms with Crippen molar-refractivity contribution in [1.82, 2.24) is 14.6 Å². The van der Waals surface area contributed by atoms with Gasteiger partial charge in [-0.05, 0) is 49.2 Å². The van der Waals surface area contributed by atoms with E-state index < -0.39 is 10.0 Å². The Labute approximate surface area is 179 Å². The summed E-state index contributed by atoms with van der Waals surface area (Å²) < 4.78 is 28.1.